The van der Waals surface area contributed by atoms with Crippen LogP contribution in [-0.2, 0) is 16.1 Å². The van der Waals surface area contributed by atoms with Crippen LogP contribution in [0.15, 0.2) is 71.7 Å². The number of hydrogen-bond donors (Lipinski definition) is 1. The molecule has 4 rings (SSSR count). The van der Waals surface area contributed by atoms with Crippen molar-refractivity contribution in [3.05, 3.63) is 77.8 Å². The fourth-order valence-corrected chi connectivity index (χ4v) is 3.96. The zero-order chi connectivity index (χ0) is 21.1. The zero-order valence-electron chi connectivity index (χ0n) is 18.1. The van der Waals surface area contributed by atoms with Gasteiger partial charge in [-0.2, -0.15) is 0 Å². The largest absolute Gasteiger partial charge is 0.481 e. The van der Waals surface area contributed by atoms with Crippen molar-refractivity contribution in [1.29, 1.82) is 0 Å². The Morgan fingerprint density at radius 2 is 1.80 bits per heavy atom. The number of aliphatic imine (C=N–C) groups is 1. The summed E-state index contributed by atoms with van der Waals surface area (Å²) >= 11 is 0. The first kappa shape index (κ1) is 20.1. The first-order chi connectivity index (χ1) is 14.6. The Labute approximate surface area is 178 Å². The standard InChI is InChI=1S/C25H29N3O2/c1-17(2)14-22-24(30-16-18-10-6-5-7-11-18)27-23(25(29-4)28(22)3)20-15-26-21-13-9-8-12-19(20)21/h5-13,15,17,22,26H,14,16H2,1-4H3. The van der Waals surface area contributed by atoms with E-state index in [1.165, 1.54) is 0 Å². The minimum atomic E-state index is 0.0256. The fourth-order valence-electron chi connectivity index (χ4n) is 3.96. The van der Waals surface area contributed by atoms with Crippen LogP contribution in [-0.4, -0.2) is 36.0 Å². The van der Waals surface area contributed by atoms with Gasteiger partial charge in [0, 0.05) is 29.7 Å². The predicted molar refractivity (Wildman–Crippen MR) is 122 cm³/mol. The number of nitrogens with zero attached hydrogens (tertiary/aromatic N) is 2. The van der Waals surface area contributed by atoms with Crippen molar-refractivity contribution in [2.45, 2.75) is 32.9 Å². The third kappa shape index (κ3) is 3.92. The van der Waals surface area contributed by atoms with Crippen LogP contribution in [0.1, 0.15) is 31.4 Å². The lowest BCUT2D eigenvalue weighted by atomic mass is 10.0. The number of nitrogens with one attached hydrogen (secondary N) is 1. The van der Waals surface area contributed by atoms with Gasteiger partial charge < -0.3 is 19.4 Å². The molecule has 0 saturated heterocycles. The van der Waals surface area contributed by atoms with Gasteiger partial charge in [-0.1, -0.05) is 62.4 Å². The summed E-state index contributed by atoms with van der Waals surface area (Å²) in [6.07, 6.45) is 2.92. The molecule has 1 N–H and O–H groups in total. The van der Waals surface area contributed by atoms with Gasteiger partial charge in [0.2, 0.25) is 11.8 Å². The molecule has 0 spiro atoms. The molecular formula is C25H29N3O2. The topological polar surface area (TPSA) is 49.9 Å². The van der Waals surface area contributed by atoms with Crippen LogP contribution >= 0.6 is 0 Å². The van der Waals surface area contributed by atoms with Crippen molar-refractivity contribution in [2.75, 3.05) is 14.2 Å². The molecule has 3 aromatic rings. The SMILES string of the molecule is COC1=C(c2c[nH]c3ccccc23)N=C(OCc2ccccc2)C(CC(C)C)N1C. The number of aromatic nitrogens is 1. The maximum absolute atomic E-state index is 6.29. The average molecular weight is 404 g/mol. The molecular weight excluding hydrogens is 374 g/mol. The van der Waals surface area contributed by atoms with Crippen LogP contribution < -0.4 is 0 Å². The molecule has 5 nitrogen and oxygen atoms in total. The molecule has 0 saturated carbocycles. The Hall–Kier alpha value is -3.21. The van der Waals surface area contributed by atoms with Crippen molar-refractivity contribution < 1.29 is 9.47 Å². The van der Waals surface area contributed by atoms with Gasteiger partial charge in [0.1, 0.15) is 18.3 Å². The molecule has 2 aromatic carbocycles. The van der Waals surface area contributed by atoms with E-state index in [1.807, 2.05) is 36.5 Å². The van der Waals surface area contributed by atoms with Crippen molar-refractivity contribution >= 4 is 22.5 Å². The molecule has 1 atom stereocenters. The van der Waals surface area contributed by atoms with E-state index in [1.54, 1.807) is 7.11 Å². The highest BCUT2D eigenvalue weighted by atomic mass is 16.5. The van der Waals surface area contributed by atoms with Gasteiger partial charge in [-0.25, -0.2) is 4.99 Å². The molecule has 1 aliphatic heterocycles. The van der Waals surface area contributed by atoms with E-state index in [0.29, 0.717) is 12.5 Å². The molecule has 1 unspecified atom stereocenters. The van der Waals surface area contributed by atoms with Gasteiger partial charge in [0.05, 0.1) is 7.11 Å². The van der Waals surface area contributed by atoms with E-state index in [4.69, 9.17) is 14.5 Å². The summed E-state index contributed by atoms with van der Waals surface area (Å²) in [6.45, 7) is 4.92. The number of fused-ring (bicyclic) bond motifs is 1. The number of hydrogen-bond acceptors (Lipinski definition) is 4. The average Bonchev–Trinajstić information content (AvgIpc) is 3.18. The lowest BCUT2D eigenvalue weighted by molar-refractivity contribution is 0.133. The Kier molecular flexibility index (Phi) is 5.79. The number of likely N-dealkylation sites (N-methyl/N-ethyl adjacent to an activating group) is 1. The van der Waals surface area contributed by atoms with Crippen LogP contribution in [0.2, 0.25) is 0 Å². The Morgan fingerprint density at radius 1 is 1.07 bits per heavy atom. The number of aromatic amines is 1. The van der Waals surface area contributed by atoms with Gasteiger partial charge in [0.15, 0.2) is 0 Å². The smallest absolute Gasteiger partial charge is 0.217 e. The van der Waals surface area contributed by atoms with E-state index in [9.17, 15) is 0 Å². The molecule has 1 aromatic heterocycles. The molecule has 0 amide bonds. The summed E-state index contributed by atoms with van der Waals surface area (Å²) in [7, 11) is 3.76. The summed E-state index contributed by atoms with van der Waals surface area (Å²) in [5.74, 6) is 1.99. The van der Waals surface area contributed by atoms with E-state index in [2.05, 4.69) is 55.0 Å². The molecule has 30 heavy (non-hydrogen) atoms. The lowest BCUT2D eigenvalue weighted by Crippen LogP contribution is -2.43. The molecule has 0 aliphatic carbocycles. The van der Waals surface area contributed by atoms with Crippen molar-refractivity contribution in [2.24, 2.45) is 10.9 Å². The second-order valence-corrected chi connectivity index (χ2v) is 8.09. The zero-order valence-corrected chi connectivity index (χ0v) is 18.1. The predicted octanol–water partition coefficient (Wildman–Crippen LogP) is 5.42. The lowest BCUT2D eigenvalue weighted by Gasteiger charge is -2.36. The highest BCUT2D eigenvalue weighted by Crippen LogP contribution is 2.34. The number of H-pyrrole nitrogens is 1. The third-order valence-corrected chi connectivity index (χ3v) is 5.46. The molecule has 1 aliphatic rings. The van der Waals surface area contributed by atoms with Crippen LogP contribution in [0.5, 0.6) is 0 Å². The maximum atomic E-state index is 6.29. The second-order valence-electron chi connectivity index (χ2n) is 8.09. The fraction of sp³-hybridized carbons (Fsp3) is 0.320. The number of rotatable bonds is 6. The van der Waals surface area contributed by atoms with Crippen LogP contribution in [0.4, 0.5) is 0 Å². The van der Waals surface area contributed by atoms with Gasteiger partial charge >= 0.3 is 0 Å². The van der Waals surface area contributed by atoms with Crippen molar-refractivity contribution in [1.82, 2.24) is 9.88 Å². The molecule has 156 valence electrons. The summed E-state index contributed by atoms with van der Waals surface area (Å²) < 4.78 is 12.1. The van der Waals surface area contributed by atoms with E-state index < -0.39 is 0 Å². The number of benzene rings is 2. The highest BCUT2D eigenvalue weighted by molar-refractivity contribution is 5.97. The van der Waals surface area contributed by atoms with Crippen LogP contribution in [0.3, 0.4) is 0 Å². The number of methoxy groups -OCH3 is 1. The minimum Gasteiger partial charge on any atom is -0.481 e. The highest BCUT2D eigenvalue weighted by Gasteiger charge is 2.33. The van der Waals surface area contributed by atoms with E-state index >= 15 is 0 Å². The molecule has 2 heterocycles. The Morgan fingerprint density at radius 3 is 2.53 bits per heavy atom. The van der Waals surface area contributed by atoms with Gasteiger partial charge in [-0.05, 0) is 24.0 Å². The first-order valence-electron chi connectivity index (χ1n) is 10.4. The maximum Gasteiger partial charge on any atom is 0.217 e. The second kappa shape index (κ2) is 8.66. The number of para-hydroxylation sites is 1. The Balaban J connectivity index is 1.76. The summed E-state index contributed by atoms with van der Waals surface area (Å²) in [5.41, 5.74) is 4.00. The first-order valence-corrected chi connectivity index (χ1v) is 10.4. The normalized spacial score (nSPS) is 16.9. The summed E-state index contributed by atoms with van der Waals surface area (Å²) in [6, 6.07) is 18.5. The van der Waals surface area contributed by atoms with Gasteiger partial charge in [0.25, 0.3) is 0 Å². The van der Waals surface area contributed by atoms with Crippen LogP contribution in [0, 0.1) is 5.92 Å². The van der Waals surface area contributed by atoms with E-state index in [0.717, 1.165) is 45.9 Å². The number of ether oxygens (including phenoxy) is 2. The van der Waals surface area contributed by atoms with E-state index in [-0.39, 0.29) is 6.04 Å². The molecule has 0 radical (unpaired) electrons. The van der Waals surface area contributed by atoms with Crippen molar-refractivity contribution in [3.63, 3.8) is 0 Å². The molecule has 0 bridgehead atoms. The minimum absolute atomic E-state index is 0.0256. The third-order valence-electron chi connectivity index (χ3n) is 5.46. The monoisotopic (exact) mass is 403 g/mol. The quantitative estimate of drug-likeness (QED) is 0.598. The summed E-state index contributed by atoms with van der Waals surface area (Å²) in [4.78, 5) is 10.5. The van der Waals surface area contributed by atoms with Gasteiger partial charge in [-0.3, -0.25) is 0 Å². The molecule has 0 fully saturated rings. The Bertz CT molecular complexity index is 1070. The molecule has 5 heteroatoms. The van der Waals surface area contributed by atoms with Crippen LogP contribution in [0.25, 0.3) is 16.6 Å². The summed E-state index contributed by atoms with van der Waals surface area (Å²) in [5, 5.41) is 1.11. The van der Waals surface area contributed by atoms with Crippen molar-refractivity contribution in [3.8, 4) is 0 Å². The van der Waals surface area contributed by atoms with Gasteiger partial charge in [-0.15, -0.1) is 0 Å².